The molecule has 0 spiro atoms. The average Bonchev–Trinajstić information content (AvgIpc) is 2.30. The number of phenols is 1. The molecule has 0 saturated heterocycles. The summed E-state index contributed by atoms with van der Waals surface area (Å²) in [7, 11) is 0. The Kier molecular flexibility index (Phi) is 5.73. The van der Waals surface area contributed by atoms with Gasteiger partial charge in [-0.15, -0.1) is 0 Å². The number of hydrogen-bond donors (Lipinski definition) is 1. The van der Waals surface area contributed by atoms with Gasteiger partial charge in [-0.05, 0) is 35.2 Å². The third kappa shape index (κ3) is 3.44. The molecule has 0 aliphatic rings. The molecule has 0 unspecified atom stereocenters. The molecule has 0 radical (unpaired) electrons. The van der Waals surface area contributed by atoms with Gasteiger partial charge in [-0.2, -0.15) is 0 Å². The zero-order valence-electron chi connectivity index (χ0n) is 8.77. The Morgan fingerprint density at radius 3 is 1.69 bits per heavy atom. The molecule has 0 aromatic heterocycles. The monoisotopic (exact) mass is 238 g/mol. The van der Waals surface area contributed by atoms with Crippen LogP contribution in [0.2, 0.25) is 0 Å². The summed E-state index contributed by atoms with van der Waals surface area (Å²) in [5.41, 5.74) is 3.67. The molecule has 0 heterocycles. The number of aryl methyl sites for hydroxylation is 1. The molecule has 1 N–H and O–H groups in total. The SMILES string of the molecule is CCc1ccc(-c2ccc(O)cc2)cc1.[KH]. The predicted molar refractivity (Wildman–Crippen MR) is 70.1 cm³/mol. The van der Waals surface area contributed by atoms with E-state index in [0.717, 1.165) is 12.0 Å². The summed E-state index contributed by atoms with van der Waals surface area (Å²) in [4.78, 5) is 0. The van der Waals surface area contributed by atoms with Crippen molar-refractivity contribution in [2.24, 2.45) is 0 Å². The van der Waals surface area contributed by atoms with Crippen LogP contribution in [0.5, 0.6) is 5.75 Å². The van der Waals surface area contributed by atoms with Crippen molar-refractivity contribution in [2.45, 2.75) is 13.3 Å². The van der Waals surface area contributed by atoms with Gasteiger partial charge in [0.25, 0.3) is 0 Å². The minimum absolute atomic E-state index is 0. The van der Waals surface area contributed by atoms with Crippen molar-refractivity contribution in [2.75, 3.05) is 0 Å². The first-order valence-electron chi connectivity index (χ1n) is 5.18. The third-order valence-electron chi connectivity index (χ3n) is 2.56. The van der Waals surface area contributed by atoms with Crippen molar-refractivity contribution in [3.63, 3.8) is 0 Å². The number of aromatic hydroxyl groups is 1. The summed E-state index contributed by atoms with van der Waals surface area (Å²) in [5.74, 6) is 0.309. The summed E-state index contributed by atoms with van der Waals surface area (Å²) >= 11 is 0. The van der Waals surface area contributed by atoms with Crippen LogP contribution in [0.3, 0.4) is 0 Å². The fourth-order valence-corrected chi connectivity index (χ4v) is 1.59. The Labute approximate surface area is 139 Å². The summed E-state index contributed by atoms with van der Waals surface area (Å²) < 4.78 is 0. The first-order chi connectivity index (χ1) is 7.29. The number of phenolic OH excluding ortho intramolecular Hbond substituents is 1. The van der Waals surface area contributed by atoms with Crippen molar-refractivity contribution in [3.8, 4) is 16.9 Å². The molecular formula is C14H15KO. The van der Waals surface area contributed by atoms with Gasteiger partial charge in [-0.25, -0.2) is 0 Å². The van der Waals surface area contributed by atoms with Crippen LogP contribution in [0.15, 0.2) is 48.5 Å². The van der Waals surface area contributed by atoms with E-state index in [1.165, 1.54) is 11.1 Å². The molecule has 2 aromatic rings. The number of benzene rings is 2. The van der Waals surface area contributed by atoms with Crippen molar-refractivity contribution in [1.29, 1.82) is 0 Å². The summed E-state index contributed by atoms with van der Waals surface area (Å²) in [5, 5.41) is 9.19. The average molecular weight is 238 g/mol. The molecule has 2 rings (SSSR count). The van der Waals surface area contributed by atoms with Gasteiger partial charge in [0.2, 0.25) is 0 Å². The minimum atomic E-state index is 0. The summed E-state index contributed by atoms with van der Waals surface area (Å²) in [6.45, 7) is 2.15. The molecule has 2 aromatic carbocycles. The van der Waals surface area contributed by atoms with Crippen LogP contribution in [-0.4, -0.2) is 56.5 Å². The molecule has 0 fully saturated rings. The van der Waals surface area contributed by atoms with Crippen LogP contribution in [0.1, 0.15) is 12.5 Å². The van der Waals surface area contributed by atoms with Crippen molar-refractivity contribution in [3.05, 3.63) is 54.1 Å². The summed E-state index contributed by atoms with van der Waals surface area (Å²) in [6, 6.07) is 15.8. The molecule has 1 nitrogen and oxygen atoms in total. The van der Waals surface area contributed by atoms with E-state index in [1.54, 1.807) is 12.1 Å². The normalized spacial score (nSPS) is 9.56. The van der Waals surface area contributed by atoms with Crippen LogP contribution in [0, 0.1) is 0 Å². The molecule has 78 valence electrons. The van der Waals surface area contributed by atoms with Crippen LogP contribution >= 0.6 is 0 Å². The first-order valence-corrected chi connectivity index (χ1v) is 5.18. The van der Waals surface area contributed by atoms with Gasteiger partial charge in [0.1, 0.15) is 5.75 Å². The fourth-order valence-electron chi connectivity index (χ4n) is 1.59. The van der Waals surface area contributed by atoms with Crippen molar-refractivity contribution >= 4 is 51.4 Å². The molecule has 2 heteroatoms. The van der Waals surface area contributed by atoms with Crippen LogP contribution in [0.25, 0.3) is 11.1 Å². The standard InChI is InChI=1S/C14H14O.K.H/c1-2-11-3-5-12(6-4-11)13-7-9-14(15)10-8-13;;/h3-10,15H,2H2,1H3;;. The van der Waals surface area contributed by atoms with Crippen LogP contribution < -0.4 is 0 Å². The Hall–Kier alpha value is -0.124. The number of rotatable bonds is 2. The zero-order valence-corrected chi connectivity index (χ0v) is 8.77. The molecule has 0 aliphatic heterocycles. The van der Waals surface area contributed by atoms with Crippen LogP contribution in [-0.2, 0) is 6.42 Å². The van der Waals surface area contributed by atoms with Gasteiger partial charge in [0, 0.05) is 0 Å². The Balaban J connectivity index is 0.00000128. The molecule has 0 atom stereocenters. The van der Waals surface area contributed by atoms with Gasteiger partial charge < -0.3 is 5.11 Å². The van der Waals surface area contributed by atoms with Gasteiger partial charge in [0.05, 0.1) is 0 Å². The Bertz CT molecular complexity index is 431. The molecule has 0 amide bonds. The topological polar surface area (TPSA) is 20.2 Å². The summed E-state index contributed by atoms with van der Waals surface area (Å²) in [6.07, 6.45) is 1.07. The molecule has 0 aliphatic carbocycles. The molecule has 16 heavy (non-hydrogen) atoms. The van der Waals surface area contributed by atoms with Crippen molar-refractivity contribution in [1.82, 2.24) is 0 Å². The van der Waals surface area contributed by atoms with Crippen LogP contribution in [0.4, 0.5) is 0 Å². The molecule has 0 bridgehead atoms. The first kappa shape index (κ1) is 13.9. The van der Waals surface area contributed by atoms with Gasteiger partial charge in [0.15, 0.2) is 0 Å². The van der Waals surface area contributed by atoms with Gasteiger partial charge >= 0.3 is 51.4 Å². The van der Waals surface area contributed by atoms with Crippen molar-refractivity contribution < 1.29 is 5.11 Å². The van der Waals surface area contributed by atoms with Gasteiger partial charge in [-0.3, -0.25) is 0 Å². The maximum absolute atomic E-state index is 9.19. The van der Waals surface area contributed by atoms with E-state index in [1.807, 2.05) is 12.1 Å². The van der Waals surface area contributed by atoms with E-state index < -0.39 is 0 Å². The maximum atomic E-state index is 9.19. The molecule has 0 saturated carbocycles. The predicted octanol–water partition coefficient (Wildman–Crippen LogP) is 2.97. The second kappa shape index (κ2) is 6.57. The molecular weight excluding hydrogens is 223 g/mol. The Morgan fingerprint density at radius 2 is 1.25 bits per heavy atom. The fraction of sp³-hybridized carbons (Fsp3) is 0.143. The van der Waals surface area contributed by atoms with E-state index in [-0.39, 0.29) is 51.4 Å². The Morgan fingerprint density at radius 1 is 0.812 bits per heavy atom. The second-order valence-corrected chi connectivity index (χ2v) is 3.60. The zero-order chi connectivity index (χ0) is 10.7. The second-order valence-electron chi connectivity index (χ2n) is 3.60. The van der Waals surface area contributed by atoms with E-state index in [9.17, 15) is 5.11 Å². The van der Waals surface area contributed by atoms with E-state index in [4.69, 9.17) is 0 Å². The van der Waals surface area contributed by atoms with E-state index in [2.05, 4.69) is 31.2 Å². The van der Waals surface area contributed by atoms with E-state index >= 15 is 0 Å². The van der Waals surface area contributed by atoms with E-state index in [0.29, 0.717) is 5.75 Å². The quantitative estimate of drug-likeness (QED) is 0.798. The third-order valence-corrected chi connectivity index (χ3v) is 2.56. The number of hydrogen-bond acceptors (Lipinski definition) is 1. The van der Waals surface area contributed by atoms with Gasteiger partial charge in [-0.1, -0.05) is 43.3 Å².